The molecular formula is C14H13BrN4. The van der Waals surface area contributed by atoms with Crippen LogP contribution in [0.2, 0.25) is 0 Å². The van der Waals surface area contributed by atoms with Crippen LogP contribution in [0.15, 0.2) is 34.8 Å². The molecule has 0 aliphatic carbocycles. The van der Waals surface area contributed by atoms with E-state index in [0.29, 0.717) is 5.95 Å². The molecule has 96 valence electrons. The Hall–Kier alpha value is -1.88. The summed E-state index contributed by atoms with van der Waals surface area (Å²) in [5.41, 5.74) is 10.7. The number of nitrogens with zero attached hydrogens (tertiary/aromatic N) is 3. The maximum atomic E-state index is 6.05. The maximum absolute atomic E-state index is 6.05. The summed E-state index contributed by atoms with van der Waals surface area (Å²) >= 11 is 3.56. The monoisotopic (exact) mass is 316 g/mol. The lowest BCUT2D eigenvalue weighted by atomic mass is 10.2. The number of benzene rings is 1. The maximum Gasteiger partial charge on any atom is 0.207 e. The minimum atomic E-state index is 0.444. The highest BCUT2D eigenvalue weighted by Gasteiger charge is 2.13. The molecule has 0 spiro atoms. The first-order valence-electron chi connectivity index (χ1n) is 5.94. The van der Waals surface area contributed by atoms with Gasteiger partial charge in [0.2, 0.25) is 5.95 Å². The standard InChI is InChI=1S/C14H13BrN4/c1-8-3-5-10(15)12(7-8)19-13-11(18-14(19)16)6-4-9(2)17-13/h3-7H,1-2H3,(H2,16,18). The highest BCUT2D eigenvalue weighted by molar-refractivity contribution is 9.10. The number of rotatable bonds is 1. The summed E-state index contributed by atoms with van der Waals surface area (Å²) in [5, 5.41) is 0. The summed E-state index contributed by atoms with van der Waals surface area (Å²) in [6.45, 7) is 4.00. The minimum absolute atomic E-state index is 0.444. The van der Waals surface area contributed by atoms with E-state index in [-0.39, 0.29) is 0 Å². The zero-order valence-corrected chi connectivity index (χ0v) is 12.3. The van der Waals surface area contributed by atoms with Gasteiger partial charge in [0.15, 0.2) is 5.65 Å². The predicted octanol–water partition coefficient (Wildman–Crippen LogP) is 3.38. The summed E-state index contributed by atoms with van der Waals surface area (Å²) in [6.07, 6.45) is 0. The molecule has 0 aliphatic rings. The van der Waals surface area contributed by atoms with Gasteiger partial charge in [0.25, 0.3) is 0 Å². The van der Waals surface area contributed by atoms with Gasteiger partial charge < -0.3 is 5.73 Å². The fourth-order valence-electron chi connectivity index (χ4n) is 2.10. The van der Waals surface area contributed by atoms with Crippen molar-refractivity contribution >= 4 is 33.0 Å². The van der Waals surface area contributed by atoms with Crippen molar-refractivity contribution in [2.45, 2.75) is 13.8 Å². The van der Waals surface area contributed by atoms with Gasteiger partial charge in [-0.2, -0.15) is 0 Å². The summed E-state index contributed by atoms with van der Waals surface area (Å²) in [7, 11) is 0. The molecule has 0 radical (unpaired) electrons. The van der Waals surface area contributed by atoms with Crippen molar-refractivity contribution in [3.05, 3.63) is 46.1 Å². The number of imidazole rings is 1. The third-order valence-corrected chi connectivity index (χ3v) is 3.68. The highest BCUT2D eigenvalue weighted by Crippen LogP contribution is 2.28. The van der Waals surface area contributed by atoms with Crippen LogP contribution < -0.4 is 5.73 Å². The fourth-order valence-corrected chi connectivity index (χ4v) is 2.52. The number of halogens is 1. The van der Waals surface area contributed by atoms with Crippen LogP contribution in [0.5, 0.6) is 0 Å². The van der Waals surface area contributed by atoms with Crippen molar-refractivity contribution in [2.75, 3.05) is 5.73 Å². The first kappa shape index (κ1) is 12.2. The molecule has 0 saturated heterocycles. The topological polar surface area (TPSA) is 56.7 Å². The number of fused-ring (bicyclic) bond motifs is 1. The van der Waals surface area contributed by atoms with Crippen LogP contribution in [-0.4, -0.2) is 14.5 Å². The first-order chi connectivity index (χ1) is 9.06. The van der Waals surface area contributed by atoms with Gasteiger partial charge >= 0.3 is 0 Å². The van der Waals surface area contributed by atoms with E-state index in [0.717, 1.165) is 32.6 Å². The zero-order chi connectivity index (χ0) is 13.6. The number of pyridine rings is 1. The molecule has 0 fully saturated rings. The Morgan fingerprint density at radius 1 is 1.11 bits per heavy atom. The van der Waals surface area contributed by atoms with E-state index in [1.807, 2.05) is 42.7 Å². The predicted molar refractivity (Wildman–Crippen MR) is 80.5 cm³/mol. The van der Waals surface area contributed by atoms with Gasteiger partial charge in [-0.25, -0.2) is 9.97 Å². The smallest absolute Gasteiger partial charge is 0.207 e. The molecule has 0 saturated carbocycles. The van der Waals surface area contributed by atoms with Gasteiger partial charge in [0.1, 0.15) is 5.52 Å². The van der Waals surface area contributed by atoms with Crippen LogP contribution >= 0.6 is 15.9 Å². The van der Waals surface area contributed by atoms with Crippen molar-refractivity contribution < 1.29 is 0 Å². The van der Waals surface area contributed by atoms with Crippen LogP contribution in [-0.2, 0) is 0 Å². The van der Waals surface area contributed by atoms with Crippen LogP contribution in [0.25, 0.3) is 16.9 Å². The molecule has 2 aromatic heterocycles. The van der Waals surface area contributed by atoms with E-state index in [4.69, 9.17) is 5.73 Å². The third kappa shape index (κ3) is 2.00. The molecule has 0 atom stereocenters. The van der Waals surface area contributed by atoms with E-state index >= 15 is 0 Å². The average molecular weight is 317 g/mol. The second-order valence-corrected chi connectivity index (χ2v) is 5.41. The number of aryl methyl sites for hydroxylation is 2. The van der Waals surface area contributed by atoms with Crippen molar-refractivity contribution in [2.24, 2.45) is 0 Å². The molecule has 0 amide bonds. The largest absolute Gasteiger partial charge is 0.369 e. The molecule has 5 heteroatoms. The van der Waals surface area contributed by atoms with E-state index in [1.165, 1.54) is 0 Å². The normalized spacial score (nSPS) is 11.1. The van der Waals surface area contributed by atoms with Crippen molar-refractivity contribution in [3.8, 4) is 5.69 Å². The van der Waals surface area contributed by atoms with Gasteiger partial charge in [-0.05, 0) is 59.6 Å². The number of hydrogen-bond acceptors (Lipinski definition) is 3. The van der Waals surface area contributed by atoms with Gasteiger partial charge in [0.05, 0.1) is 5.69 Å². The van der Waals surface area contributed by atoms with Gasteiger partial charge in [-0.15, -0.1) is 0 Å². The Kier molecular flexibility index (Phi) is 2.78. The second-order valence-electron chi connectivity index (χ2n) is 4.56. The lowest BCUT2D eigenvalue weighted by molar-refractivity contribution is 1.06. The molecule has 2 heterocycles. The van der Waals surface area contributed by atoms with E-state index in [9.17, 15) is 0 Å². The number of nitrogen functional groups attached to an aromatic ring is 1. The first-order valence-corrected chi connectivity index (χ1v) is 6.73. The summed E-state index contributed by atoms with van der Waals surface area (Å²) in [6, 6.07) is 9.98. The highest BCUT2D eigenvalue weighted by atomic mass is 79.9. The molecule has 19 heavy (non-hydrogen) atoms. The number of anilines is 1. The lowest BCUT2D eigenvalue weighted by Crippen LogP contribution is -2.03. The molecule has 2 N–H and O–H groups in total. The molecule has 0 bridgehead atoms. The molecule has 0 aliphatic heterocycles. The Morgan fingerprint density at radius 3 is 2.68 bits per heavy atom. The Labute approximate surface area is 119 Å². The number of aromatic nitrogens is 3. The summed E-state index contributed by atoms with van der Waals surface area (Å²) < 4.78 is 2.84. The summed E-state index contributed by atoms with van der Waals surface area (Å²) in [5.74, 6) is 0.444. The number of hydrogen-bond donors (Lipinski definition) is 1. The molecule has 0 unspecified atom stereocenters. The van der Waals surface area contributed by atoms with Crippen LogP contribution in [0.3, 0.4) is 0 Å². The molecule has 3 rings (SSSR count). The quantitative estimate of drug-likeness (QED) is 0.748. The van der Waals surface area contributed by atoms with E-state index < -0.39 is 0 Å². The van der Waals surface area contributed by atoms with Gasteiger partial charge in [-0.1, -0.05) is 6.07 Å². The Balaban J connectivity index is 2.38. The Bertz CT molecular complexity index is 776. The van der Waals surface area contributed by atoms with Crippen molar-refractivity contribution in [1.82, 2.24) is 14.5 Å². The Morgan fingerprint density at radius 2 is 1.89 bits per heavy atom. The fraction of sp³-hybridized carbons (Fsp3) is 0.143. The molecule has 3 aromatic rings. The van der Waals surface area contributed by atoms with Crippen molar-refractivity contribution in [3.63, 3.8) is 0 Å². The van der Waals surface area contributed by atoms with Crippen LogP contribution in [0.4, 0.5) is 5.95 Å². The van der Waals surface area contributed by atoms with Crippen LogP contribution in [0, 0.1) is 13.8 Å². The lowest BCUT2D eigenvalue weighted by Gasteiger charge is -2.09. The van der Waals surface area contributed by atoms with E-state index in [2.05, 4.69) is 32.0 Å². The molecule has 1 aromatic carbocycles. The molecular weight excluding hydrogens is 304 g/mol. The van der Waals surface area contributed by atoms with Gasteiger partial charge in [-0.3, -0.25) is 4.57 Å². The zero-order valence-electron chi connectivity index (χ0n) is 10.7. The third-order valence-electron chi connectivity index (χ3n) is 3.01. The molecule has 4 nitrogen and oxygen atoms in total. The summed E-state index contributed by atoms with van der Waals surface area (Å²) in [4.78, 5) is 8.90. The SMILES string of the molecule is Cc1ccc(Br)c(-n2c(N)nc3ccc(C)nc32)c1. The van der Waals surface area contributed by atoms with Crippen LogP contribution in [0.1, 0.15) is 11.3 Å². The van der Waals surface area contributed by atoms with Crippen molar-refractivity contribution in [1.29, 1.82) is 0 Å². The van der Waals surface area contributed by atoms with Gasteiger partial charge in [0, 0.05) is 10.2 Å². The second kappa shape index (κ2) is 4.35. The minimum Gasteiger partial charge on any atom is -0.369 e. The number of nitrogens with two attached hydrogens (primary N) is 1. The average Bonchev–Trinajstić information content (AvgIpc) is 2.68. The van der Waals surface area contributed by atoms with E-state index in [1.54, 1.807) is 0 Å².